The number of pyridine rings is 1. The molecule has 65 heavy (non-hydrogen) atoms. The fourth-order valence-corrected chi connectivity index (χ4v) is 9.76. The maximum absolute atomic E-state index is 14.3. The van der Waals surface area contributed by atoms with Crippen LogP contribution in [0.5, 0.6) is 0 Å². The molecule has 12 rings (SSSR count). The summed E-state index contributed by atoms with van der Waals surface area (Å²) in [6, 6.07) is 46.3. The van der Waals surface area contributed by atoms with Gasteiger partial charge in [0.25, 0.3) is 0 Å². The van der Waals surface area contributed by atoms with E-state index in [0.717, 1.165) is 89.0 Å². The average molecular weight is 1040 g/mol. The molecule has 0 aliphatic rings. The van der Waals surface area contributed by atoms with Gasteiger partial charge < -0.3 is 14.0 Å². The van der Waals surface area contributed by atoms with Crippen LogP contribution < -0.4 is 4.98 Å². The molecule has 0 saturated heterocycles. The third kappa shape index (κ3) is 6.27. The van der Waals surface area contributed by atoms with Crippen molar-refractivity contribution in [1.82, 2.24) is 24.1 Å². The number of rotatable bonds is 4. The van der Waals surface area contributed by atoms with Crippen LogP contribution in [0.2, 0.25) is 0 Å². The molecule has 320 valence electrons. The molecule has 6 nitrogen and oxygen atoms in total. The molecule has 0 aliphatic carbocycles. The van der Waals surface area contributed by atoms with Crippen molar-refractivity contribution >= 4 is 76.6 Å². The van der Waals surface area contributed by atoms with E-state index < -0.39 is 11.7 Å². The molecule has 0 bridgehead atoms. The van der Waals surface area contributed by atoms with Crippen LogP contribution in [0, 0.1) is 19.9 Å². The number of halogens is 3. The van der Waals surface area contributed by atoms with E-state index in [0.29, 0.717) is 38.8 Å². The van der Waals surface area contributed by atoms with Gasteiger partial charge in [-0.05, 0) is 107 Å². The summed E-state index contributed by atoms with van der Waals surface area (Å²) in [5.41, 5.74) is 11.7. The first-order valence-corrected chi connectivity index (χ1v) is 21.3. The second-order valence-corrected chi connectivity index (χ2v) is 17.9. The summed E-state index contributed by atoms with van der Waals surface area (Å²) in [7, 11) is 0. The Labute approximate surface area is 385 Å². The maximum atomic E-state index is 14.3. The van der Waals surface area contributed by atoms with Crippen molar-refractivity contribution in [2.24, 2.45) is 0 Å². The van der Waals surface area contributed by atoms with Crippen molar-refractivity contribution in [2.75, 3.05) is 0 Å². The summed E-state index contributed by atoms with van der Waals surface area (Å²) < 4.78 is 53.4. The van der Waals surface area contributed by atoms with Crippen LogP contribution in [0.4, 0.5) is 13.2 Å². The first kappa shape index (κ1) is 40.8. The van der Waals surface area contributed by atoms with E-state index in [2.05, 4.69) is 99.8 Å². The zero-order valence-electron chi connectivity index (χ0n) is 35.9. The first-order chi connectivity index (χ1) is 30.8. The number of imidazole rings is 1. The summed E-state index contributed by atoms with van der Waals surface area (Å²) in [6.07, 6.45) is -2.82. The number of fused-ring (bicyclic) bond motifs is 10. The summed E-state index contributed by atoms with van der Waals surface area (Å²) in [5.74, 6) is 1.21. The van der Waals surface area contributed by atoms with Crippen LogP contribution in [0.1, 0.15) is 43.0 Å². The van der Waals surface area contributed by atoms with Gasteiger partial charge >= 0.3 is 27.2 Å². The number of furan rings is 1. The Bertz CT molecular complexity index is 3900. The number of alkyl halides is 3. The number of hydrogen-bond donors (Lipinski definition) is 0. The van der Waals surface area contributed by atoms with E-state index in [1.54, 1.807) is 6.20 Å². The molecule has 0 aliphatic heterocycles. The topological polar surface area (TPSA) is 62.9 Å². The summed E-state index contributed by atoms with van der Waals surface area (Å²) in [5, 5.41) is 5.05. The number of hydrogen-bond acceptors (Lipinski definition) is 3. The molecule has 5 heterocycles. The summed E-state index contributed by atoms with van der Waals surface area (Å²) in [6.45, 7) is 10.9. The second-order valence-electron chi connectivity index (χ2n) is 17.9. The van der Waals surface area contributed by atoms with Crippen LogP contribution in [-0.2, 0) is 32.7 Å². The van der Waals surface area contributed by atoms with Crippen molar-refractivity contribution in [1.29, 1.82) is 0 Å². The molecule has 0 N–H and O–H groups in total. The predicted molar refractivity (Wildman–Crippen MR) is 252 cm³/mol. The minimum atomic E-state index is -4.53. The number of para-hydroxylation sites is 2. The van der Waals surface area contributed by atoms with E-state index in [-0.39, 0.29) is 26.5 Å². The molecule has 5 aromatic heterocycles. The van der Waals surface area contributed by atoms with E-state index >= 15 is 0 Å². The molecule has 0 spiro atoms. The van der Waals surface area contributed by atoms with Crippen LogP contribution in [0.3, 0.4) is 0 Å². The Morgan fingerprint density at radius 3 is 2.23 bits per heavy atom. The molecule has 0 fully saturated rings. The first-order valence-electron chi connectivity index (χ1n) is 21.3. The van der Waals surface area contributed by atoms with Gasteiger partial charge in [0.15, 0.2) is 11.4 Å². The van der Waals surface area contributed by atoms with Crippen molar-refractivity contribution in [3.8, 4) is 34.0 Å². The zero-order valence-corrected chi connectivity index (χ0v) is 38.1. The summed E-state index contributed by atoms with van der Waals surface area (Å²) in [4.78, 5) is 15.7. The van der Waals surface area contributed by atoms with Crippen molar-refractivity contribution in [3.63, 3.8) is 0 Å². The van der Waals surface area contributed by atoms with Crippen LogP contribution in [0.15, 0.2) is 144 Å². The largest absolute Gasteiger partial charge is 2.00 e. The zero-order chi connectivity index (χ0) is 43.8. The molecule has 0 atom stereocenters. The Hall–Kier alpha value is -6.96. The molecule has 10 heteroatoms. The fourth-order valence-electron chi connectivity index (χ4n) is 9.76. The van der Waals surface area contributed by atoms with Gasteiger partial charge in [0.05, 0.1) is 16.6 Å². The van der Waals surface area contributed by atoms with Crippen LogP contribution >= 0.6 is 0 Å². The third-order valence-electron chi connectivity index (χ3n) is 12.5. The SMILES string of the molecule is Cc1cc(-c2nc3c(-c4[c-]c5c(cc4)c4cc(C(F)(F)F)ccc4n5-c4nccc5c4oc4ccccc45)cc(C)cc3n2-c2ccccc2)c2[n-]c3cccc(C(C)(C)C)c3c2c1.[Pt+2]. The van der Waals surface area contributed by atoms with E-state index in [4.69, 9.17) is 19.4 Å². The third-order valence-corrected chi connectivity index (χ3v) is 12.5. The number of benzene rings is 7. The van der Waals surface area contributed by atoms with E-state index in [1.807, 2.05) is 65.2 Å². The standard InChI is InChI=1S/C55H38F3N5O.Pt/c1-30-25-40-48-42(54(3,4)5)15-11-16-43(48)60-49(40)41(26-30)52-61-50-38(24-31(2)27-46(50)62(52)34-12-7-6-8-13-34)32-18-20-35-39-29-33(55(56,57)58)19-21-44(39)63(45(35)28-32)53-51-37(22-23-59-53)36-14-9-10-17-47(36)64-51;/h6-27,29H,1-5H3;/q-2;+2. The molecule has 0 radical (unpaired) electrons. The van der Waals surface area contributed by atoms with E-state index in [9.17, 15) is 13.2 Å². The Balaban J connectivity index is 0.00000469. The molecule has 12 aromatic rings. The molecule has 0 amide bonds. The van der Waals surface area contributed by atoms with Gasteiger partial charge in [-0.15, -0.1) is 34.8 Å². The molecular weight excluding hydrogens is 999 g/mol. The number of nitrogens with zero attached hydrogens (tertiary/aromatic N) is 5. The van der Waals surface area contributed by atoms with Gasteiger partial charge in [-0.2, -0.15) is 13.2 Å². The Morgan fingerprint density at radius 2 is 1.43 bits per heavy atom. The number of aromatic nitrogens is 5. The molecule has 0 saturated carbocycles. The monoisotopic (exact) mass is 1040 g/mol. The van der Waals surface area contributed by atoms with Crippen molar-refractivity contribution < 1.29 is 38.7 Å². The minimum Gasteiger partial charge on any atom is -0.656 e. The Morgan fingerprint density at radius 1 is 0.662 bits per heavy atom. The normalized spacial score (nSPS) is 12.5. The van der Waals surface area contributed by atoms with Crippen molar-refractivity contribution in [3.05, 3.63) is 168 Å². The van der Waals surface area contributed by atoms with Gasteiger partial charge in [0.1, 0.15) is 11.4 Å². The van der Waals surface area contributed by atoms with Gasteiger partial charge in [-0.25, -0.2) is 9.97 Å². The second kappa shape index (κ2) is 14.5. The predicted octanol–water partition coefficient (Wildman–Crippen LogP) is 14.7. The van der Waals surface area contributed by atoms with Crippen LogP contribution in [0.25, 0.3) is 111 Å². The van der Waals surface area contributed by atoms with Gasteiger partial charge in [0.2, 0.25) is 0 Å². The smallest absolute Gasteiger partial charge is 0.656 e. The minimum absolute atomic E-state index is 0. The quantitative estimate of drug-likeness (QED) is 0.165. The molecular formula is C55H38F3N5OPt. The van der Waals surface area contributed by atoms with Gasteiger partial charge in [0, 0.05) is 33.7 Å². The molecule has 7 aromatic carbocycles. The Kier molecular flexibility index (Phi) is 9.12. The fraction of sp³-hybridized carbons (Fsp3) is 0.127. The summed E-state index contributed by atoms with van der Waals surface area (Å²) >= 11 is 0. The molecule has 0 unspecified atom stereocenters. The average Bonchev–Trinajstić information content (AvgIpc) is 4.04. The van der Waals surface area contributed by atoms with Gasteiger partial charge in [-0.1, -0.05) is 104 Å². The van der Waals surface area contributed by atoms with E-state index in [1.165, 1.54) is 17.7 Å². The van der Waals surface area contributed by atoms with Crippen LogP contribution in [-0.4, -0.2) is 19.1 Å². The number of aryl methyl sites for hydroxylation is 2. The van der Waals surface area contributed by atoms with Gasteiger partial charge in [-0.3, -0.25) is 4.57 Å². The van der Waals surface area contributed by atoms with Crippen molar-refractivity contribution in [2.45, 2.75) is 46.2 Å². The maximum Gasteiger partial charge on any atom is 2.00 e.